The molecule has 1 aliphatic heterocycles. The van der Waals surface area contributed by atoms with Crippen molar-refractivity contribution >= 4 is 43.7 Å². The molecular weight excluding hydrogens is 439 g/mol. The van der Waals surface area contributed by atoms with Crippen LogP contribution in [0.4, 0.5) is 15.9 Å². The molecule has 1 N–H and O–H groups in total. The van der Waals surface area contributed by atoms with Crippen molar-refractivity contribution < 1.29 is 17.6 Å². The Hall–Kier alpha value is -3.24. The lowest BCUT2D eigenvalue weighted by Gasteiger charge is -2.17. The van der Waals surface area contributed by atoms with E-state index in [1.54, 1.807) is 47.0 Å². The molecule has 0 bridgehead atoms. The van der Waals surface area contributed by atoms with E-state index in [9.17, 15) is 17.6 Å². The number of carbonyl (C=O) groups excluding carboxylic acids is 1. The molecule has 0 aliphatic carbocycles. The van der Waals surface area contributed by atoms with Gasteiger partial charge in [-0.25, -0.2) is 17.8 Å². The average Bonchev–Trinajstić information content (AvgIpc) is 3.44. The molecule has 0 spiro atoms. The summed E-state index contributed by atoms with van der Waals surface area (Å²) in [7, 11) is -3.34. The summed E-state index contributed by atoms with van der Waals surface area (Å²) in [6, 6.07) is 12.4. The van der Waals surface area contributed by atoms with Crippen molar-refractivity contribution in [3.8, 4) is 11.3 Å². The maximum atomic E-state index is 13.4. The smallest absolute Gasteiger partial charge is 0.256 e. The van der Waals surface area contributed by atoms with E-state index in [-0.39, 0.29) is 11.6 Å². The van der Waals surface area contributed by atoms with E-state index < -0.39 is 15.9 Å². The summed E-state index contributed by atoms with van der Waals surface area (Å²) < 4.78 is 40.9. The molecule has 7 nitrogen and oxygen atoms in total. The summed E-state index contributed by atoms with van der Waals surface area (Å²) in [5.41, 5.74) is 2.00. The van der Waals surface area contributed by atoms with E-state index in [4.69, 9.17) is 0 Å². The van der Waals surface area contributed by atoms with Gasteiger partial charge in [-0.3, -0.25) is 13.5 Å². The number of fused-ring (bicyclic) bond motifs is 1. The van der Waals surface area contributed by atoms with Crippen LogP contribution in [0, 0.1) is 5.82 Å². The third kappa shape index (κ3) is 3.57. The standard InChI is InChI=1S/C21H17FN4O3S2/c22-16-7-5-14(6-8-16)18-19(25-10-11-30-21(25)23-18)24-20(27)15-3-1-4-17(13-15)26-9-2-12-31(26,28)29/h1,3-8,10-11,13H,2,9,12H2,(H,24,27). The average molecular weight is 457 g/mol. The number of hydrogen-bond donors (Lipinski definition) is 1. The summed E-state index contributed by atoms with van der Waals surface area (Å²) in [4.78, 5) is 18.3. The van der Waals surface area contributed by atoms with E-state index in [0.717, 1.165) is 0 Å². The molecule has 2 aromatic carbocycles. The highest BCUT2D eigenvalue weighted by Gasteiger charge is 2.29. The number of benzene rings is 2. The Balaban J connectivity index is 1.50. The first kappa shape index (κ1) is 19.7. The summed E-state index contributed by atoms with van der Waals surface area (Å²) in [6.07, 6.45) is 2.36. The van der Waals surface area contributed by atoms with Gasteiger partial charge in [0.05, 0.1) is 11.4 Å². The zero-order chi connectivity index (χ0) is 21.6. The number of carbonyl (C=O) groups is 1. The lowest BCUT2D eigenvalue weighted by atomic mass is 10.1. The molecule has 0 radical (unpaired) electrons. The van der Waals surface area contributed by atoms with Crippen LogP contribution in [0.25, 0.3) is 16.2 Å². The summed E-state index contributed by atoms with van der Waals surface area (Å²) in [6.45, 7) is 0.403. The lowest BCUT2D eigenvalue weighted by Crippen LogP contribution is -2.25. The van der Waals surface area contributed by atoms with E-state index in [1.807, 2.05) is 5.38 Å². The van der Waals surface area contributed by atoms with Gasteiger partial charge in [0.15, 0.2) is 4.96 Å². The Bertz CT molecular complexity index is 1390. The highest BCUT2D eigenvalue weighted by atomic mass is 32.2. The second-order valence-corrected chi connectivity index (χ2v) is 10.0. The Kier molecular flexibility index (Phi) is 4.75. The van der Waals surface area contributed by atoms with Crippen molar-refractivity contribution in [2.75, 3.05) is 21.9 Å². The topological polar surface area (TPSA) is 83.8 Å². The molecule has 2 aromatic heterocycles. The predicted molar refractivity (Wildman–Crippen MR) is 119 cm³/mol. The number of rotatable bonds is 4. The highest BCUT2D eigenvalue weighted by Crippen LogP contribution is 2.32. The largest absolute Gasteiger partial charge is 0.306 e. The molecule has 4 aromatic rings. The second kappa shape index (κ2) is 7.47. The van der Waals surface area contributed by atoms with Crippen LogP contribution in [-0.4, -0.2) is 36.0 Å². The Morgan fingerprint density at radius 3 is 2.71 bits per heavy atom. The molecule has 158 valence electrons. The minimum absolute atomic E-state index is 0.108. The quantitative estimate of drug-likeness (QED) is 0.503. The molecule has 0 atom stereocenters. The maximum Gasteiger partial charge on any atom is 0.256 e. The first-order chi connectivity index (χ1) is 14.9. The number of nitrogens with zero attached hydrogens (tertiary/aromatic N) is 3. The third-order valence-electron chi connectivity index (χ3n) is 5.11. The molecular formula is C21H17FN4O3S2. The minimum atomic E-state index is -3.34. The van der Waals surface area contributed by atoms with E-state index >= 15 is 0 Å². The zero-order valence-electron chi connectivity index (χ0n) is 16.2. The fourth-order valence-electron chi connectivity index (χ4n) is 3.63. The van der Waals surface area contributed by atoms with Crippen molar-refractivity contribution in [2.45, 2.75) is 6.42 Å². The number of anilines is 2. The maximum absolute atomic E-state index is 13.4. The lowest BCUT2D eigenvalue weighted by molar-refractivity contribution is 0.102. The number of halogens is 1. The number of amides is 1. The zero-order valence-corrected chi connectivity index (χ0v) is 17.8. The molecule has 10 heteroatoms. The van der Waals surface area contributed by atoms with Gasteiger partial charge in [0.25, 0.3) is 5.91 Å². The number of aromatic nitrogens is 2. The number of imidazole rings is 1. The van der Waals surface area contributed by atoms with Crippen molar-refractivity contribution in [1.29, 1.82) is 0 Å². The van der Waals surface area contributed by atoms with Crippen LogP contribution in [0.2, 0.25) is 0 Å². The fourth-order valence-corrected chi connectivity index (χ4v) is 5.90. The van der Waals surface area contributed by atoms with Gasteiger partial charge >= 0.3 is 0 Å². The van der Waals surface area contributed by atoms with Crippen LogP contribution in [0.3, 0.4) is 0 Å². The number of thiazole rings is 1. The van der Waals surface area contributed by atoms with Gasteiger partial charge in [-0.2, -0.15) is 0 Å². The minimum Gasteiger partial charge on any atom is -0.306 e. The monoisotopic (exact) mass is 456 g/mol. The molecule has 5 rings (SSSR count). The molecule has 0 saturated carbocycles. The van der Waals surface area contributed by atoms with E-state index in [2.05, 4.69) is 10.3 Å². The van der Waals surface area contributed by atoms with Gasteiger partial charge in [0, 0.05) is 29.2 Å². The summed E-state index contributed by atoms with van der Waals surface area (Å²) in [5.74, 6) is -0.179. The number of hydrogen-bond acceptors (Lipinski definition) is 5. The molecule has 1 saturated heterocycles. The first-order valence-electron chi connectivity index (χ1n) is 9.56. The molecule has 1 amide bonds. The second-order valence-electron chi connectivity index (χ2n) is 7.12. The first-order valence-corrected chi connectivity index (χ1v) is 12.0. The van der Waals surface area contributed by atoms with Gasteiger partial charge < -0.3 is 5.32 Å². The van der Waals surface area contributed by atoms with Crippen LogP contribution in [-0.2, 0) is 10.0 Å². The molecule has 1 aliphatic rings. The van der Waals surface area contributed by atoms with Gasteiger partial charge in [-0.05, 0) is 48.9 Å². The SMILES string of the molecule is O=C(Nc1c(-c2ccc(F)cc2)nc2sccn12)c1cccc(N2CCCS2(=O)=O)c1. The van der Waals surface area contributed by atoms with Crippen LogP contribution >= 0.6 is 11.3 Å². The van der Waals surface area contributed by atoms with Gasteiger partial charge in [0.1, 0.15) is 17.3 Å². The summed E-state index contributed by atoms with van der Waals surface area (Å²) in [5, 5.41) is 4.75. The predicted octanol–water partition coefficient (Wildman–Crippen LogP) is 3.99. The van der Waals surface area contributed by atoms with Gasteiger partial charge in [-0.15, -0.1) is 11.3 Å². The molecule has 31 heavy (non-hydrogen) atoms. The number of sulfonamides is 1. The van der Waals surface area contributed by atoms with Crippen LogP contribution in [0.15, 0.2) is 60.1 Å². The summed E-state index contributed by atoms with van der Waals surface area (Å²) >= 11 is 1.42. The van der Waals surface area contributed by atoms with E-state index in [0.29, 0.717) is 46.3 Å². The van der Waals surface area contributed by atoms with Crippen LogP contribution < -0.4 is 9.62 Å². The molecule has 1 fully saturated rings. The Morgan fingerprint density at radius 1 is 1.16 bits per heavy atom. The van der Waals surface area contributed by atoms with Crippen molar-refractivity contribution in [3.05, 3.63) is 71.5 Å². The van der Waals surface area contributed by atoms with E-state index in [1.165, 1.54) is 27.8 Å². The van der Waals surface area contributed by atoms with Crippen molar-refractivity contribution in [1.82, 2.24) is 9.38 Å². The molecule has 0 unspecified atom stereocenters. The van der Waals surface area contributed by atoms with Gasteiger partial charge in [0.2, 0.25) is 10.0 Å². The fraction of sp³-hybridized carbons (Fsp3) is 0.143. The third-order valence-corrected chi connectivity index (χ3v) is 7.73. The number of nitrogens with one attached hydrogen (secondary N) is 1. The Morgan fingerprint density at radius 2 is 1.97 bits per heavy atom. The highest BCUT2D eigenvalue weighted by molar-refractivity contribution is 7.93. The normalized spacial score (nSPS) is 15.5. The van der Waals surface area contributed by atoms with Crippen LogP contribution in [0.5, 0.6) is 0 Å². The van der Waals surface area contributed by atoms with Gasteiger partial charge in [-0.1, -0.05) is 6.07 Å². The van der Waals surface area contributed by atoms with Crippen molar-refractivity contribution in [3.63, 3.8) is 0 Å². The molecule has 3 heterocycles. The van der Waals surface area contributed by atoms with Crippen LogP contribution in [0.1, 0.15) is 16.8 Å². The van der Waals surface area contributed by atoms with Crippen molar-refractivity contribution in [2.24, 2.45) is 0 Å². The Labute approximate surface area is 181 Å².